The molecule has 3 atom stereocenters. The number of nitrogens with zero attached hydrogens (tertiary/aromatic N) is 1. The van der Waals surface area contributed by atoms with Crippen LogP contribution in [0.3, 0.4) is 0 Å². The average Bonchev–Trinajstić information content (AvgIpc) is 2.93. The van der Waals surface area contributed by atoms with Crippen molar-refractivity contribution in [3.05, 3.63) is 29.3 Å². The van der Waals surface area contributed by atoms with Crippen molar-refractivity contribution in [2.24, 2.45) is 11.8 Å². The Kier molecular flexibility index (Phi) is 5.82. The highest BCUT2D eigenvalue weighted by molar-refractivity contribution is 6.08. The van der Waals surface area contributed by atoms with Crippen LogP contribution in [0.25, 0.3) is 0 Å². The highest BCUT2D eigenvalue weighted by Gasteiger charge is 2.51. The van der Waals surface area contributed by atoms with Gasteiger partial charge >= 0.3 is 5.97 Å². The van der Waals surface area contributed by atoms with Gasteiger partial charge in [0.25, 0.3) is 5.91 Å². The number of benzene rings is 1. The molecule has 150 valence electrons. The number of anilines is 1. The highest BCUT2D eigenvalue weighted by atomic mass is 16.5. The van der Waals surface area contributed by atoms with Crippen molar-refractivity contribution in [2.45, 2.75) is 52.5 Å². The molecular formula is C21H26N2O5. The fraction of sp³-hybridized carbons (Fsp3) is 0.524. The van der Waals surface area contributed by atoms with Gasteiger partial charge in [0, 0.05) is 5.69 Å². The number of carbonyl (C=O) groups is 4. The first-order valence-electron chi connectivity index (χ1n) is 9.71. The number of hydrogen-bond acceptors (Lipinski definition) is 5. The molecule has 2 aliphatic rings. The van der Waals surface area contributed by atoms with E-state index in [1.165, 1.54) is 6.92 Å². The molecule has 1 saturated carbocycles. The van der Waals surface area contributed by atoms with Gasteiger partial charge in [0.15, 0.2) is 6.61 Å². The van der Waals surface area contributed by atoms with Crippen molar-refractivity contribution in [3.8, 4) is 0 Å². The van der Waals surface area contributed by atoms with Crippen LogP contribution < -0.4 is 5.32 Å². The Morgan fingerprint density at radius 2 is 1.64 bits per heavy atom. The van der Waals surface area contributed by atoms with Crippen LogP contribution >= 0.6 is 0 Å². The van der Waals surface area contributed by atoms with Gasteiger partial charge in [0.2, 0.25) is 11.8 Å². The van der Waals surface area contributed by atoms with Gasteiger partial charge in [-0.05, 0) is 44.7 Å². The molecule has 0 aromatic heterocycles. The number of ether oxygens (including phenoxy) is 1. The number of hydrogen-bond donors (Lipinski definition) is 1. The van der Waals surface area contributed by atoms with Gasteiger partial charge in [-0.2, -0.15) is 0 Å². The monoisotopic (exact) mass is 386 g/mol. The van der Waals surface area contributed by atoms with Gasteiger partial charge < -0.3 is 10.1 Å². The summed E-state index contributed by atoms with van der Waals surface area (Å²) in [4.78, 5) is 50.7. The molecule has 2 fully saturated rings. The van der Waals surface area contributed by atoms with Gasteiger partial charge in [0.1, 0.15) is 6.04 Å². The maximum absolute atomic E-state index is 12.6. The molecule has 7 nitrogen and oxygen atoms in total. The third-order valence-corrected chi connectivity index (χ3v) is 5.69. The zero-order chi connectivity index (χ0) is 20.4. The van der Waals surface area contributed by atoms with Crippen LogP contribution in [0.5, 0.6) is 0 Å². The zero-order valence-corrected chi connectivity index (χ0v) is 16.5. The fourth-order valence-electron chi connectivity index (χ4n) is 4.12. The lowest BCUT2D eigenvalue weighted by atomic mass is 9.81. The SMILES string of the molecule is Cc1cccc(C)c1NC(=O)COC(=O)[C@H](C)N1C(=O)[C@H]2CCCC[C@H]2C1=O. The molecule has 0 bridgehead atoms. The number of nitrogens with one attached hydrogen (secondary N) is 1. The summed E-state index contributed by atoms with van der Waals surface area (Å²) >= 11 is 0. The van der Waals surface area contributed by atoms with Gasteiger partial charge in [0.05, 0.1) is 11.8 Å². The van der Waals surface area contributed by atoms with Crippen LogP contribution in [0.2, 0.25) is 0 Å². The zero-order valence-electron chi connectivity index (χ0n) is 16.5. The van der Waals surface area contributed by atoms with Crippen LogP contribution in [0.1, 0.15) is 43.7 Å². The second kappa shape index (κ2) is 8.12. The summed E-state index contributed by atoms with van der Waals surface area (Å²) in [5.74, 6) is -2.44. The summed E-state index contributed by atoms with van der Waals surface area (Å²) in [5.41, 5.74) is 2.50. The smallest absolute Gasteiger partial charge is 0.329 e. The molecule has 1 aromatic carbocycles. The van der Waals surface area contributed by atoms with Crippen molar-refractivity contribution in [3.63, 3.8) is 0 Å². The first-order valence-corrected chi connectivity index (χ1v) is 9.71. The van der Waals surface area contributed by atoms with Crippen LogP contribution in [0.15, 0.2) is 18.2 Å². The highest BCUT2D eigenvalue weighted by Crippen LogP contribution is 2.38. The van der Waals surface area contributed by atoms with E-state index in [1.807, 2.05) is 32.0 Å². The minimum absolute atomic E-state index is 0.292. The summed E-state index contributed by atoms with van der Waals surface area (Å²) in [6.07, 6.45) is 3.22. The maximum atomic E-state index is 12.6. The second-order valence-electron chi connectivity index (χ2n) is 7.64. The van der Waals surface area contributed by atoms with E-state index < -0.39 is 24.5 Å². The molecule has 0 radical (unpaired) electrons. The van der Waals surface area contributed by atoms with E-state index in [-0.39, 0.29) is 23.7 Å². The molecule has 1 aliphatic heterocycles. The Morgan fingerprint density at radius 1 is 1.11 bits per heavy atom. The van der Waals surface area contributed by atoms with Crippen LogP contribution in [-0.2, 0) is 23.9 Å². The van der Waals surface area contributed by atoms with E-state index in [4.69, 9.17) is 4.74 Å². The summed E-state index contributed by atoms with van der Waals surface area (Å²) in [6, 6.07) is 4.61. The quantitative estimate of drug-likeness (QED) is 0.619. The number of esters is 1. The maximum Gasteiger partial charge on any atom is 0.329 e. The topological polar surface area (TPSA) is 92.8 Å². The molecule has 1 heterocycles. The van der Waals surface area contributed by atoms with Gasteiger partial charge in [-0.15, -0.1) is 0 Å². The first-order chi connectivity index (χ1) is 13.3. The second-order valence-corrected chi connectivity index (χ2v) is 7.64. The van der Waals surface area contributed by atoms with Crippen LogP contribution in [-0.4, -0.2) is 41.2 Å². The van der Waals surface area contributed by atoms with Gasteiger partial charge in [-0.3, -0.25) is 19.3 Å². The fourth-order valence-corrected chi connectivity index (χ4v) is 4.12. The number of aryl methyl sites for hydroxylation is 2. The van der Waals surface area contributed by atoms with E-state index in [0.717, 1.165) is 28.9 Å². The largest absolute Gasteiger partial charge is 0.454 e. The Hall–Kier alpha value is -2.70. The van der Waals surface area contributed by atoms with Crippen LogP contribution in [0, 0.1) is 25.7 Å². The molecule has 1 aromatic rings. The summed E-state index contributed by atoms with van der Waals surface area (Å²) in [7, 11) is 0. The van der Waals surface area contributed by atoms with Crippen LogP contribution in [0.4, 0.5) is 5.69 Å². The number of likely N-dealkylation sites (tertiary alicyclic amines) is 1. The number of fused-ring (bicyclic) bond motifs is 1. The van der Waals surface area contributed by atoms with Crippen molar-refractivity contribution >= 4 is 29.4 Å². The number of amides is 3. The molecule has 0 unspecified atom stereocenters. The lowest BCUT2D eigenvalue weighted by Crippen LogP contribution is -2.45. The molecule has 7 heteroatoms. The number of rotatable bonds is 5. The first kappa shape index (κ1) is 20.0. The van der Waals surface area contributed by atoms with Crippen molar-refractivity contribution in [1.29, 1.82) is 0 Å². The van der Waals surface area contributed by atoms with Gasteiger partial charge in [-0.25, -0.2) is 4.79 Å². The standard InChI is InChI=1S/C21H26N2O5/c1-12-7-6-8-13(2)18(12)22-17(24)11-28-21(27)14(3)23-19(25)15-9-4-5-10-16(15)20(23)26/h6-8,14-16H,4-5,9-11H2,1-3H3,(H,22,24)/t14-,15-,16+/m0/s1. The summed E-state index contributed by atoms with van der Waals surface area (Å²) < 4.78 is 5.08. The molecule has 3 rings (SSSR count). The Morgan fingerprint density at radius 3 is 2.18 bits per heavy atom. The number of carbonyl (C=O) groups excluding carboxylic acids is 4. The Labute approximate surface area is 164 Å². The molecule has 28 heavy (non-hydrogen) atoms. The van der Waals surface area contributed by atoms with E-state index in [1.54, 1.807) is 0 Å². The third-order valence-electron chi connectivity index (χ3n) is 5.69. The molecular weight excluding hydrogens is 360 g/mol. The number of imide groups is 1. The molecule has 3 amide bonds. The summed E-state index contributed by atoms with van der Waals surface area (Å²) in [6.45, 7) is 4.75. The molecule has 1 aliphatic carbocycles. The average molecular weight is 386 g/mol. The lowest BCUT2D eigenvalue weighted by molar-refractivity contribution is -0.159. The Bertz CT molecular complexity index is 775. The number of para-hydroxylation sites is 1. The van der Waals surface area contributed by atoms with E-state index in [0.29, 0.717) is 18.5 Å². The summed E-state index contributed by atoms with van der Waals surface area (Å²) in [5, 5.41) is 2.74. The predicted octanol–water partition coefficient (Wildman–Crippen LogP) is 2.35. The Balaban J connectivity index is 1.58. The van der Waals surface area contributed by atoms with E-state index >= 15 is 0 Å². The molecule has 1 saturated heterocycles. The third kappa shape index (κ3) is 3.79. The molecule has 1 N–H and O–H groups in total. The van der Waals surface area contributed by atoms with Crippen molar-refractivity contribution in [1.82, 2.24) is 4.90 Å². The minimum Gasteiger partial charge on any atom is -0.454 e. The van der Waals surface area contributed by atoms with E-state index in [2.05, 4.69) is 5.32 Å². The van der Waals surface area contributed by atoms with E-state index in [9.17, 15) is 19.2 Å². The minimum atomic E-state index is -1.03. The molecule has 0 spiro atoms. The van der Waals surface area contributed by atoms with Crippen molar-refractivity contribution in [2.75, 3.05) is 11.9 Å². The normalized spacial score (nSPS) is 22.6. The van der Waals surface area contributed by atoms with Gasteiger partial charge in [-0.1, -0.05) is 31.0 Å². The predicted molar refractivity (Wildman–Crippen MR) is 102 cm³/mol. The lowest BCUT2D eigenvalue weighted by Gasteiger charge is -2.21. The van der Waals surface area contributed by atoms with Crippen molar-refractivity contribution < 1.29 is 23.9 Å².